The molecule has 4 amide bonds. The number of carboxylic acids is 1. The van der Waals surface area contributed by atoms with Gasteiger partial charge in [0.2, 0.25) is 23.6 Å². The van der Waals surface area contributed by atoms with Gasteiger partial charge in [-0.15, -0.1) is 0 Å². The highest BCUT2D eigenvalue weighted by Crippen LogP contribution is 2.10. The summed E-state index contributed by atoms with van der Waals surface area (Å²) >= 11 is 0. The number of hydrogen-bond acceptors (Lipinski definition) is 6. The van der Waals surface area contributed by atoms with Gasteiger partial charge in [-0.1, -0.05) is 62.3 Å². The fourth-order valence-corrected chi connectivity index (χ4v) is 3.44. The Hall–Kier alpha value is -2.69. The van der Waals surface area contributed by atoms with Gasteiger partial charge < -0.3 is 32.1 Å². The van der Waals surface area contributed by atoms with Crippen LogP contribution >= 0.6 is 0 Å². The van der Waals surface area contributed by atoms with E-state index in [1.165, 1.54) is 0 Å². The molecule has 0 aromatic rings. The molecule has 36 heavy (non-hydrogen) atoms. The highest BCUT2D eigenvalue weighted by Gasteiger charge is 2.33. The first kappa shape index (κ1) is 33.3. The molecule has 11 heteroatoms. The molecule has 0 aliphatic rings. The number of hydrogen-bond donors (Lipinski definition) is 6. The summed E-state index contributed by atoms with van der Waals surface area (Å²) in [5.74, 6) is -4.03. The van der Waals surface area contributed by atoms with Gasteiger partial charge in [-0.3, -0.25) is 19.2 Å². The first-order valence-corrected chi connectivity index (χ1v) is 12.7. The molecule has 0 saturated heterocycles. The summed E-state index contributed by atoms with van der Waals surface area (Å²) in [4.78, 5) is 62.8. The summed E-state index contributed by atoms with van der Waals surface area (Å²) in [5.41, 5.74) is 5.90. The molecule has 11 nitrogen and oxygen atoms in total. The van der Waals surface area contributed by atoms with Crippen LogP contribution in [0, 0.1) is 23.7 Å². The number of rotatable bonds is 15. The third-order valence-electron chi connectivity index (χ3n) is 5.88. The molecular formula is C25H47N5O6. The van der Waals surface area contributed by atoms with Gasteiger partial charge in [0.15, 0.2) is 0 Å². The third-order valence-corrected chi connectivity index (χ3v) is 5.88. The van der Waals surface area contributed by atoms with Crippen LogP contribution in [0.1, 0.15) is 75.2 Å². The summed E-state index contributed by atoms with van der Waals surface area (Å²) in [7, 11) is 0. The standard InChI is InChI=1S/C25H47N5O6/c1-10-16(27-24(34)19(14(6)7)29-23(33)18(26)13(4)5)21(31)28-17(11-12(2)3)22(32)30-20(15(8)9)25(35)36/h12-20H,10-11,26H2,1-9H3,(H,27,34)(H,28,31)(H,29,33)(H,30,32)(H,35,36)/t16-,17+,18-,19-,20-/m0/s1. The maximum absolute atomic E-state index is 13.0. The Morgan fingerprint density at radius 1 is 0.639 bits per heavy atom. The number of aliphatic carboxylic acids is 1. The van der Waals surface area contributed by atoms with Crippen molar-refractivity contribution in [2.24, 2.45) is 29.4 Å². The first-order valence-electron chi connectivity index (χ1n) is 12.7. The van der Waals surface area contributed by atoms with Crippen LogP contribution in [0.25, 0.3) is 0 Å². The van der Waals surface area contributed by atoms with E-state index in [0.717, 1.165) is 0 Å². The summed E-state index contributed by atoms with van der Waals surface area (Å²) in [6, 6.07) is -4.72. The summed E-state index contributed by atoms with van der Waals surface area (Å²) in [6.07, 6.45) is 0.520. The molecule has 0 rings (SSSR count). The van der Waals surface area contributed by atoms with Gasteiger partial charge in [-0.25, -0.2) is 4.79 Å². The van der Waals surface area contributed by atoms with E-state index in [0.29, 0.717) is 0 Å². The van der Waals surface area contributed by atoms with Gasteiger partial charge in [-0.05, 0) is 36.5 Å². The Labute approximate surface area is 215 Å². The Morgan fingerprint density at radius 3 is 1.47 bits per heavy atom. The van der Waals surface area contributed by atoms with E-state index in [9.17, 15) is 29.1 Å². The summed E-state index contributed by atoms with van der Waals surface area (Å²) in [5, 5.41) is 19.9. The van der Waals surface area contributed by atoms with Crippen molar-refractivity contribution in [2.45, 2.75) is 105 Å². The van der Waals surface area contributed by atoms with Crippen LogP contribution in [0.3, 0.4) is 0 Å². The van der Waals surface area contributed by atoms with Crippen LogP contribution < -0.4 is 27.0 Å². The van der Waals surface area contributed by atoms with Gasteiger partial charge in [-0.2, -0.15) is 0 Å². The first-order chi connectivity index (χ1) is 16.5. The van der Waals surface area contributed by atoms with Crippen molar-refractivity contribution in [3.63, 3.8) is 0 Å². The zero-order chi connectivity index (χ0) is 28.3. The minimum atomic E-state index is -1.16. The average Bonchev–Trinajstić information content (AvgIpc) is 2.76. The fourth-order valence-electron chi connectivity index (χ4n) is 3.44. The number of nitrogens with two attached hydrogens (primary N) is 1. The van der Waals surface area contributed by atoms with E-state index in [2.05, 4.69) is 21.3 Å². The topological polar surface area (TPSA) is 180 Å². The van der Waals surface area contributed by atoms with Crippen LogP contribution in [0.4, 0.5) is 0 Å². The van der Waals surface area contributed by atoms with Crippen molar-refractivity contribution in [3.05, 3.63) is 0 Å². The van der Waals surface area contributed by atoms with Crippen molar-refractivity contribution in [1.29, 1.82) is 0 Å². The molecule has 208 valence electrons. The number of amides is 4. The van der Waals surface area contributed by atoms with E-state index >= 15 is 0 Å². The van der Waals surface area contributed by atoms with E-state index in [4.69, 9.17) is 5.73 Å². The molecule has 0 aliphatic carbocycles. The van der Waals surface area contributed by atoms with Crippen molar-refractivity contribution in [1.82, 2.24) is 21.3 Å². The molecule has 0 aliphatic heterocycles. The molecule has 0 aromatic heterocycles. The minimum Gasteiger partial charge on any atom is -0.480 e. The molecule has 0 heterocycles. The number of carbonyl (C=O) groups excluding carboxylic acids is 4. The highest BCUT2D eigenvalue weighted by molar-refractivity contribution is 5.95. The van der Waals surface area contributed by atoms with Gasteiger partial charge in [0, 0.05) is 0 Å². The van der Waals surface area contributed by atoms with E-state index < -0.39 is 59.8 Å². The molecule has 7 N–H and O–H groups in total. The molecule has 0 saturated carbocycles. The lowest BCUT2D eigenvalue weighted by Gasteiger charge is -2.28. The molecule has 5 atom stereocenters. The number of nitrogens with one attached hydrogen (secondary N) is 4. The van der Waals surface area contributed by atoms with Gasteiger partial charge in [0.1, 0.15) is 24.2 Å². The molecule has 0 fully saturated rings. The maximum Gasteiger partial charge on any atom is 0.326 e. The predicted molar refractivity (Wildman–Crippen MR) is 138 cm³/mol. The molecule has 0 bridgehead atoms. The van der Waals surface area contributed by atoms with Crippen LogP contribution in [0.15, 0.2) is 0 Å². The molecular weight excluding hydrogens is 466 g/mol. The second-order valence-corrected chi connectivity index (χ2v) is 10.7. The normalized spacial score (nSPS) is 15.7. The molecule has 0 radical (unpaired) electrons. The monoisotopic (exact) mass is 513 g/mol. The Kier molecular flexibility index (Phi) is 14.3. The predicted octanol–water partition coefficient (Wildman–Crippen LogP) is 0.762. The largest absolute Gasteiger partial charge is 0.480 e. The lowest BCUT2D eigenvalue weighted by Crippen LogP contribution is -2.59. The molecule has 0 spiro atoms. The molecule has 0 aromatic carbocycles. The zero-order valence-electron chi connectivity index (χ0n) is 23.2. The zero-order valence-corrected chi connectivity index (χ0v) is 23.2. The summed E-state index contributed by atoms with van der Waals surface area (Å²) < 4.78 is 0. The van der Waals surface area contributed by atoms with Gasteiger partial charge in [0.05, 0.1) is 6.04 Å². The van der Waals surface area contributed by atoms with Gasteiger partial charge in [0.25, 0.3) is 0 Å². The maximum atomic E-state index is 13.0. The number of carboxylic acid groups (broad SMARTS) is 1. The van der Waals surface area contributed by atoms with Crippen LogP contribution in [-0.2, 0) is 24.0 Å². The second-order valence-electron chi connectivity index (χ2n) is 10.7. The van der Waals surface area contributed by atoms with Crippen LogP contribution in [0.5, 0.6) is 0 Å². The van der Waals surface area contributed by atoms with Crippen molar-refractivity contribution >= 4 is 29.6 Å². The van der Waals surface area contributed by atoms with Crippen molar-refractivity contribution in [2.75, 3.05) is 0 Å². The minimum absolute atomic E-state index is 0.0312. The van der Waals surface area contributed by atoms with Crippen LogP contribution in [-0.4, -0.2) is 64.9 Å². The quantitative estimate of drug-likeness (QED) is 0.187. The highest BCUT2D eigenvalue weighted by atomic mass is 16.4. The Balaban J connectivity index is 5.53. The lowest BCUT2D eigenvalue weighted by molar-refractivity contribution is -0.143. The second kappa shape index (κ2) is 15.4. The third kappa shape index (κ3) is 10.9. The van der Waals surface area contributed by atoms with E-state index in [-0.39, 0.29) is 36.5 Å². The fraction of sp³-hybridized carbons (Fsp3) is 0.800. The van der Waals surface area contributed by atoms with Crippen molar-refractivity contribution in [3.8, 4) is 0 Å². The van der Waals surface area contributed by atoms with E-state index in [1.807, 2.05) is 13.8 Å². The Bertz CT molecular complexity index is 768. The average molecular weight is 514 g/mol. The van der Waals surface area contributed by atoms with Gasteiger partial charge >= 0.3 is 5.97 Å². The Morgan fingerprint density at radius 2 is 1.08 bits per heavy atom. The SMILES string of the molecule is CC[C@H](NC(=O)[C@@H](NC(=O)[C@@H](N)C(C)C)C(C)C)C(=O)N[C@H](CC(C)C)C(=O)N[C@H](C(=O)O)C(C)C. The molecule has 0 unspecified atom stereocenters. The lowest BCUT2D eigenvalue weighted by atomic mass is 9.99. The smallest absolute Gasteiger partial charge is 0.326 e. The summed E-state index contributed by atoms with van der Waals surface area (Å²) in [6.45, 7) is 15.9. The van der Waals surface area contributed by atoms with Crippen molar-refractivity contribution < 1.29 is 29.1 Å². The number of carbonyl (C=O) groups is 5. The van der Waals surface area contributed by atoms with Crippen LogP contribution in [0.2, 0.25) is 0 Å². The van der Waals surface area contributed by atoms with E-state index in [1.54, 1.807) is 48.5 Å².